The van der Waals surface area contributed by atoms with Crippen LogP contribution in [0.15, 0.2) is 24.3 Å². The van der Waals surface area contributed by atoms with Gasteiger partial charge in [0.1, 0.15) is 0 Å². The quantitative estimate of drug-likeness (QED) is 0.717. The fourth-order valence-electron chi connectivity index (χ4n) is 0.797. The molecule has 0 spiro atoms. The van der Waals surface area contributed by atoms with Crippen LogP contribution in [0.4, 0.5) is 13.2 Å². The summed E-state index contributed by atoms with van der Waals surface area (Å²) in [7, 11) is -2.06. The molecular weight excluding hydrogens is 202 g/mol. The molecule has 0 amide bonds. The second kappa shape index (κ2) is 3.44. The van der Waals surface area contributed by atoms with Gasteiger partial charge in [-0.1, -0.05) is 0 Å². The number of benzene rings is 1. The Balaban J connectivity index is 3.01. The van der Waals surface area contributed by atoms with Gasteiger partial charge in [0.25, 0.3) is 0 Å². The molecule has 0 bridgehead atoms. The summed E-state index contributed by atoms with van der Waals surface area (Å²) >= 11 is 0. The van der Waals surface area contributed by atoms with Gasteiger partial charge in [0.15, 0.2) is 0 Å². The van der Waals surface area contributed by atoms with Gasteiger partial charge in [0.2, 0.25) is 5.30 Å². The molecule has 0 fully saturated rings. The molecule has 0 aromatic heterocycles. The van der Waals surface area contributed by atoms with E-state index in [1.807, 2.05) is 0 Å². The second-order valence-corrected chi connectivity index (χ2v) is 3.54. The molecule has 0 aliphatic rings. The second-order valence-electron chi connectivity index (χ2n) is 2.37. The predicted octanol–water partition coefficient (Wildman–Crippen LogP) is 2.03. The van der Waals surface area contributed by atoms with Crippen LogP contribution in [0, 0.1) is 0 Å². The molecule has 0 saturated carbocycles. The van der Waals surface area contributed by atoms with Gasteiger partial charge >= 0.3 is 14.1 Å². The minimum absolute atomic E-state index is 0.211. The van der Waals surface area contributed by atoms with Crippen LogP contribution in [0.5, 0.6) is 0 Å². The standard InChI is InChI=1S/C7H6F3NOP/c8-7(9,10)5-1-3-6(4-2-5)13(11)12/h1-4H,(H2,11,12)/q+1. The van der Waals surface area contributed by atoms with E-state index < -0.39 is 19.7 Å². The Morgan fingerprint density at radius 1 is 1.15 bits per heavy atom. The van der Waals surface area contributed by atoms with Crippen LogP contribution in [0.3, 0.4) is 0 Å². The Bertz CT molecular complexity index is 320. The van der Waals surface area contributed by atoms with Gasteiger partial charge in [0.05, 0.1) is 5.56 Å². The Labute approximate surface area is 73.4 Å². The van der Waals surface area contributed by atoms with E-state index in [2.05, 4.69) is 0 Å². The highest BCUT2D eigenvalue weighted by Gasteiger charge is 2.30. The van der Waals surface area contributed by atoms with E-state index >= 15 is 0 Å². The van der Waals surface area contributed by atoms with Gasteiger partial charge in [-0.2, -0.15) is 13.2 Å². The maximum Gasteiger partial charge on any atom is 0.468 e. The average Bonchev–Trinajstić information content (AvgIpc) is 2.03. The van der Waals surface area contributed by atoms with Gasteiger partial charge in [0, 0.05) is 0 Å². The van der Waals surface area contributed by atoms with E-state index in [9.17, 15) is 17.7 Å². The molecule has 0 aliphatic heterocycles. The third kappa shape index (κ3) is 2.50. The van der Waals surface area contributed by atoms with Crippen LogP contribution in [0.2, 0.25) is 0 Å². The Kier molecular flexibility index (Phi) is 2.68. The largest absolute Gasteiger partial charge is 0.468 e. The molecule has 1 rings (SSSR count). The lowest BCUT2D eigenvalue weighted by Crippen LogP contribution is -2.07. The fraction of sp³-hybridized carbons (Fsp3) is 0.143. The van der Waals surface area contributed by atoms with Crippen molar-refractivity contribution >= 4 is 13.3 Å². The predicted molar refractivity (Wildman–Crippen MR) is 42.9 cm³/mol. The highest BCUT2D eigenvalue weighted by molar-refractivity contribution is 7.50. The summed E-state index contributed by atoms with van der Waals surface area (Å²) in [6, 6.07) is 3.94. The summed E-state index contributed by atoms with van der Waals surface area (Å²) in [5.74, 6) is 0. The molecule has 13 heavy (non-hydrogen) atoms. The number of hydrogen-bond donors (Lipinski definition) is 1. The molecule has 2 N–H and O–H groups in total. The zero-order chi connectivity index (χ0) is 10.1. The zero-order valence-corrected chi connectivity index (χ0v) is 7.27. The van der Waals surface area contributed by atoms with Crippen molar-refractivity contribution in [1.29, 1.82) is 0 Å². The van der Waals surface area contributed by atoms with Crippen LogP contribution in [0.1, 0.15) is 5.56 Å². The van der Waals surface area contributed by atoms with Gasteiger partial charge in [-0.25, -0.2) is 0 Å². The normalized spacial score (nSPS) is 12.8. The summed E-state index contributed by atoms with van der Waals surface area (Å²) in [6.45, 7) is 0. The van der Waals surface area contributed by atoms with Crippen LogP contribution < -0.4 is 10.8 Å². The maximum atomic E-state index is 12.0. The van der Waals surface area contributed by atoms with Crippen molar-refractivity contribution in [3.8, 4) is 0 Å². The Hall–Kier alpha value is -0.930. The molecule has 0 saturated heterocycles. The Morgan fingerprint density at radius 2 is 1.62 bits per heavy atom. The minimum Gasteiger partial charge on any atom is -0.166 e. The topological polar surface area (TPSA) is 43.1 Å². The van der Waals surface area contributed by atoms with Crippen LogP contribution >= 0.6 is 7.95 Å². The van der Waals surface area contributed by atoms with Crippen molar-refractivity contribution in [2.45, 2.75) is 6.18 Å². The fourth-order valence-corrected chi connectivity index (χ4v) is 1.24. The van der Waals surface area contributed by atoms with Crippen molar-refractivity contribution in [3.63, 3.8) is 0 Å². The van der Waals surface area contributed by atoms with Crippen molar-refractivity contribution in [2.75, 3.05) is 0 Å². The van der Waals surface area contributed by atoms with E-state index in [0.29, 0.717) is 0 Å². The lowest BCUT2D eigenvalue weighted by Gasteiger charge is -2.04. The number of alkyl halides is 3. The highest BCUT2D eigenvalue weighted by Crippen LogP contribution is 2.28. The van der Waals surface area contributed by atoms with E-state index in [0.717, 1.165) is 24.3 Å². The third-order valence-corrected chi connectivity index (χ3v) is 2.26. The van der Waals surface area contributed by atoms with Crippen LogP contribution in [-0.4, -0.2) is 0 Å². The van der Waals surface area contributed by atoms with E-state index in [-0.39, 0.29) is 5.30 Å². The van der Waals surface area contributed by atoms with Gasteiger partial charge in [-0.15, -0.1) is 5.50 Å². The molecule has 0 aliphatic carbocycles. The first-order valence-electron chi connectivity index (χ1n) is 3.30. The SMILES string of the molecule is N[P+](=O)c1ccc(C(F)(F)F)cc1. The molecule has 2 nitrogen and oxygen atoms in total. The van der Waals surface area contributed by atoms with Gasteiger partial charge in [-0.05, 0) is 28.8 Å². The molecular formula is C7H6F3NOP+. The number of nitrogens with two attached hydrogens (primary N) is 1. The highest BCUT2D eigenvalue weighted by atomic mass is 31.1. The first-order chi connectivity index (χ1) is 5.91. The number of rotatable bonds is 1. The van der Waals surface area contributed by atoms with Gasteiger partial charge in [-0.3, -0.25) is 0 Å². The van der Waals surface area contributed by atoms with Crippen molar-refractivity contribution < 1.29 is 17.7 Å². The van der Waals surface area contributed by atoms with E-state index in [1.54, 1.807) is 0 Å². The molecule has 1 atom stereocenters. The van der Waals surface area contributed by atoms with Crippen molar-refractivity contribution in [1.82, 2.24) is 0 Å². The minimum atomic E-state index is -4.36. The summed E-state index contributed by atoms with van der Waals surface area (Å²) in [5.41, 5.74) is 4.23. The van der Waals surface area contributed by atoms with Crippen molar-refractivity contribution in [2.24, 2.45) is 5.50 Å². The number of halogens is 3. The summed E-state index contributed by atoms with van der Waals surface area (Å²) in [4.78, 5) is 0. The van der Waals surface area contributed by atoms with Crippen molar-refractivity contribution in [3.05, 3.63) is 29.8 Å². The summed E-state index contributed by atoms with van der Waals surface area (Å²) in [5, 5.41) is 0.211. The molecule has 1 unspecified atom stereocenters. The number of hydrogen-bond acceptors (Lipinski definition) is 1. The molecule has 0 heterocycles. The van der Waals surface area contributed by atoms with Crippen LogP contribution in [0.25, 0.3) is 0 Å². The zero-order valence-electron chi connectivity index (χ0n) is 6.38. The molecule has 1 aromatic rings. The first kappa shape index (κ1) is 10.2. The summed E-state index contributed by atoms with van der Waals surface area (Å²) in [6.07, 6.45) is -4.36. The smallest absolute Gasteiger partial charge is 0.166 e. The first-order valence-corrected chi connectivity index (χ1v) is 4.63. The average molecular weight is 208 g/mol. The lowest BCUT2D eigenvalue weighted by molar-refractivity contribution is -0.137. The lowest BCUT2D eigenvalue weighted by atomic mass is 10.2. The third-order valence-electron chi connectivity index (χ3n) is 1.45. The monoisotopic (exact) mass is 208 g/mol. The molecule has 1 aromatic carbocycles. The van der Waals surface area contributed by atoms with E-state index in [4.69, 9.17) is 5.50 Å². The Morgan fingerprint density at radius 3 is 1.92 bits per heavy atom. The summed E-state index contributed by atoms with van der Waals surface area (Å²) < 4.78 is 46.7. The van der Waals surface area contributed by atoms with Gasteiger partial charge < -0.3 is 0 Å². The van der Waals surface area contributed by atoms with Crippen LogP contribution in [-0.2, 0) is 10.7 Å². The molecule has 6 heteroatoms. The van der Waals surface area contributed by atoms with E-state index in [1.165, 1.54) is 0 Å². The molecule has 0 radical (unpaired) electrons. The molecule has 70 valence electrons. The maximum absolute atomic E-state index is 12.0.